The summed E-state index contributed by atoms with van der Waals surface area (Å²) in [6.45, 7) is 3.37. The van der Waals surface area contributed by atoms with Crippen LogP contribution in [0.3, 0.4) is 0 Å². The molecule has 0 atom stereocenters. The molecule has 108 valence electrons. The minimum absolute atomic E-state index is 0.142. The Morgan fingerprint density at radius 3 is 2.50 bits per heavy atom. The highest BCUT2D eigenvalue weighted by Gasteiger charge is 2.24. The van der Waals surface area contributed by atoms with Gasteiger partial charge in [0.15, 0.2) is 0 Å². The molecule has 0 bridgehead atoms. The van der Waals surface area contributed by atoms with Crippen molar-refractivity contribution in [2.45, 2.75) is 18.7 Å². The standard InChI is InChI=1S/C12H15FN4O2S/c1-7-11(8(2)17(3)15-7)16-20(18,19)12-9(13)5-4-6-10(12)14/h4-6,16H,14H2,1-3H3. The zero-order chi connectivity index (χ0) is 15.1. The first kappa shape index (κ1) is 14.3. The summed E-state index contributed by atoms with van der Waals surface area (Å²) in [7, 11) is -2.42. The maximum Gasteiger partial charge on any atom is 0.267 e. The molecule has 2 aromatic rings. The molecule has 0 spiro atoms. The van der Waals surface area contributed by atoms with Crippen molar-refractivity contribution in [1.82, 2.24) is 9.78 Å². The average molecular weight is 298 g/mol. The lowest BCUT2D eigenvalue weighted by atomic mass is 10.3. The number of anilines is 2. The zero-order valence-electron chi connectivity index (χ0n) is 11.3. The summed E-state index contributed by atoms with van der Waals surface area (Å²) < 4.78 is 42.2. The van der Waals surface area contributed by atoms with Crippen LogP contribution in [0, 0.1) is 19.7 Å². The number of hydrogen-bond acceptors (Lipinski definition) is 4. The van der Waals surface area contributed by atoms with Crippen molar-refractivity contribution in [2.24, 2.45) is 7.05 Å². The number of nitrogens with one attached hydrogen (secondary N) is 1. The van der Waals surface area contributed by atoms with Gasteiger partial charge in [0, 0.05) is 7.05 Å². The second-order valence-corrected chi connectivity index (χ2v) is 6.05. The van der Waals surface area contributed by atoms with Gasteiger partial charge in [0.2, 0.25) is 0 Å². The third-order valence-corrected chi connectivity index (χ3v) is 4.45. The van der Waals surface area contributed by atoms with Gasteiger partial charge < -0.3 is 5.73 Å². The summed E-state index contributed by atoms with van der Waals surface area (Å²) in [6, 6.07) is 3.73. The number of benzene rings is 1. The van der Waals surface area contributed by atoms with Crippen LogP contribution in [0.5, 0.6) is 0 Å². The Bertz CT molecular complexity index is 748. The van der Waals surface area contributed by atoms with Crippen LogP contribution < -0.4 is 10.5 Å². The molecule has 8 heteroatoms. The van der Waals surface area contributed by atoms with Gasteiger partial charge in [0.05, 0.1) is 22.8 Å². The summed E-state index contributed by atoms with van der Waals surface area (Å²) in [5.74, 6) is -0.892. The molecule has 0 unspecified atom stereocenters. The molecule has 3 N–H and O–H groups in total. The van der Waals surface area contributed by atoms with E-state index >= 15 is 0 Å². The van der Waals surface area contributed by atoms with Gasteiger partial charge in [0.25, 0.3) is 10.0 Å². The summed E-state index contributed by atoms with van der Waals surface area (Å²) in [5, 5.41) is 4.10. The van der Waals surface area contributed by atoms with Crippen molar-refractivity contribution < 1.29 is 12.8 Å². The summed E-state index contributed by atoms with van der Waals surface area (Å²) in [6.07, 6.45) is 0. The number of rotatable bonds is 3. The molecule has 1 aromatic heterocycles. The van der Waals surface area contributed by atoms with E-state index in [4.69, 9.17) is 5.73 Å². The third-order valence-electron chi connectivity index (χ3n) is 3.01. The molecule has 2 rings (SSSR count). The average Bonchev–Trinajstić information content (AvgIpc) is 2.55. The molecular weight excluding hydrogens is 283 g/mol. The first-order valence-corrected chi connectivity index (χ1v) is 7.29. The Labute approximate surface area is 116 Å². The van der Waals surface area contributed by atoms with Gasteiger partial charge in [-0.15, -0.1) is 0 Å². The van der Waals surface area contributed by atoms with E-state index in [2.05, 4.69) is 9.82 Å². The molecule has 0 aliphatic carbocycles. The summed E-state index contributed by atoms with van der Waals surface area (Å²) >= 11 is 0. The lowest BCUT2D eigenvalue weighted by molar-refractivity contribution is 0.571. The second kappa shape index (κ2) is 4.78. The predicted octanol–water partition coefficient (Wildman–Crippen LogP) is 1.56. The Morgan fingerprint density at radius 1 is 1.35 bits per heavy atom. The molecule has 0 aliphatic rings. The van der Waals surface area contributed by atoms with Crippen LogP contribution in [0.4, 0.5) is 15.8 Å². The number of aromatic nitrogens is 2. The quantitative estimate of drug-likeness (QED) is 0.841. The topological polar surface area (TPSA) is 90.0 Å². The monoisotopic (exact) mass is 298 g/mol. The van der Waals surface area contributed by atoms with Crippen molar-refractivity contribution >= 4 is 21.4 Å². The number of sulfonamides is 1. The van der Waals surface area contributed by atoms with Crippen LogP contribution in [0.25, 0.3) is 0 Å². The maximum absolute atomic E-state index is 13.7. The Morgan fingerprint density at radius 2 is 2.00 bits per heavy atom. The van der Waals surface area contributed by atoms with Gasteiger partial charge in [-0.05, 0) is 26.0 Å². The highest BCUT2D eigenvalue weighted by Crippen LogP contribution is 2.27. The van der Waals surface area contributed by atoms with Crippen molar-refractivity contribution in [1.29, 1.82) is 0 Å². The fourth-order valence-electron chi connectivity index (χ4n) is 1.92. The fraction of sp³-hybridized carbons (Fsp3) is 0.250. The van der Waals surface area contributed by atoms with Gasteiger partial charge in [-0.3, -0.25) is 9.40 Å². The zero-order valence-corrected chi connectivity index (χ0v) is 12.1. The SMILES string of the molecule is Cc1nn(C)c(C)c1NS(=O)(=O)c1c(N)cccc1F. The van der Waals surface area contributed by atoms with Crippen LogP contribution >= 0.6 is 0 Å². The van der Waals surface area contributed by atoms with Crippen LogP contribution in [0.2, 0.25) is 0 Å². The number of nitrogen functional groups attached to an aromatic ring is 1. The van der Waals surface area contributed by atoms with E-state index in [9.17, 15) is 12.8 Å². The number of halogens is 1. The van der Waals surface area contributed by atoms with Crippen LogP contribution in [-0.4, -0.2) is 18.2 Å². The lowest BCUT2D eigenvalue weighted by Gasteiger charge is -2.11. The molecule has 6 nitrogen and oxygen atoms in total. The van der Waals surface area contributed by atoms with Gasteiger partial charge in [-0.2, -0.15) is 5.10 Å². The van der Waals surface area contributed by atoms with Crippen LogP contribution in [-0.2, 0) is 17.1 Å². The van der Waals surface area contributed by atoms with Gasteiger partial charge in [-0.1, -0.05) is 6.07 Å². The lowest BCUT2D eigenvalue weighted by Crippen LogP contribution is -2.17. The van der Waals surface area contributed by atoms with Crippen molar-refractivity contribution in [3.05, 3.63) is 35.4 Å². The highest BCUT2D eigenvalue weighted by molar-refractivity contribution is 7.92. The molecule has 0 aliphatic heterocycles. The van der Waals surface area contributed by atoms with E-state index < -0.39 is 20.7 Å². The normalized spacial score (nSPS) is 11.6. The predicted molar refractivity (Wildman–Crippen MR) is 74.3 cm³/mol. The highest BCUT2D eigenvalue weighted by atomic mass is 32.2. The second-order valence-electron chi connectivity index (χ2n) is 4.43. The van der Waals surface area contributed by atoms with Crippen molar-refractivity contribution in [3.8, 4) is 0 Å². The maximum atomic E-state index is 13.7. The van der Waals surface area contributed by atoms with E-state index in [0.717, 1.165) is 6.07 Å². The molecular formula is C12H15FN4O2S. The Balaban J connectivity index is 2.52. The number of hydrogen-bond donors (Lipinski definition) is 2. The first-order valence-electron chi connectivity index (χ1n) is 5.81. The van der Waals surface area contributed by atoms with Crippen LogP contribution in [0.1, 0.15) is 11.4 Å². The molecule has 0 saturated carbocycles. The van der Waals surface area contributed by atoms with Crippen molar-refractivity contribution in [3.63, 3.8) is 0 Å². The summed E-state index contributed by atoms with van der Waals surface area (Å²) in [5.41, 5.74) is 6.88. The first-order chi connectivity index (χ1) is 9.24. The van der Waals surface area contributed by atoms with E-state index in [-0.39, 0.29) is 5.69 Å². The fourth-order valence-corrected chi connectivity index (χ4v) is 3.29. The van der Waals surface area contributed by atoms with E-state index in [1.807, 2.05) is 0 Å². The molecule has 0 radical (unpaired) electrons. The molecule has 20 heavy (non-hydrogen) atoms. The van der Waals surface area contributed by atoms with Gasteiger partial charge >= 0.3 is 0 Å². The van der Waals surface area contributed by atoms with Crippen molar-refractivity contribution in [2.75, 3.05) is 10.5 Å². The Hall–Kier alpha value is -2.09. The number of nitrogens with two attached hydrogens (primary N) is 1. The Kier molecular flexibility index (Phi) is 3.43. The molecule has 0 fully saturated rings. The van der Waals surface area contributed by atoms with Crippen LogP contribution in [0.15, 0.2) is 23.1 Å². The number of aryl methyl sites for hydroxylation is 2. The molecule has 0 saturated heterocycles. The largest absolute Gasteiger partial charge is 0.398 e. The van der Waals surface area contributed by atoms with Gasteiger partial charge in [0.1, 0.15) is 10.7 Å². The van der Waals surface area contributed by atoms with E-state index in [1.54, 1.807) is 20.9 Å². The van der Waals surface area contributed by atoms with E-state index in [0.29, 0.717) is 17.1 Å². The minimum Gasteiger partial charge on any atom is -0.398 e. The smallest absolute Gasteiger partial charge is 0.267 e. The van der Waals surface area contributed by atoms with Gasteiger partial charge in [-0.25, -0.2) is 12.8 Å². The minimum atomic E-state index is -4.11. The molecule has 1 heterocycles. The summed E-state index contributed by atoms with van der Waals surface area (Å²) in [4.78, 5) is -0.553. The number of nitrogens with zero attached hydrogens (tertiary/aromatic N) is 2. The molecule has 1 aromatic carbocycles. The third kappa shape index (κ3) is 2.34. The molecule has 0 amide bonds. The van der Waals surface area contributed by atoms with E-state index in [1.165, 1.54) is 16.8 Å².